The van der Waals surface area contributed by atoms with Gasteiger partial charge in [0.15, 0.2) is 5.96 Å². The summed E-state index contributed by atoms with van der Waals surface area (Å²) in [4.78, 5) is 17.7. The highest BCUT2D eigenvalue weighted by atomic mass is 32.2. The van der Waals surface area contributed by atoms with Crippen molar-refractivity contribution in [3.63, 3.8) is 0 Å². The van der Waals surface area contributed by atoms with Gasteiger partial charge >= 0.3 is 0 Å². The number of hydrogen-bond donors (Lipinski definition) is 2. The summed E-state index contributed by atoms with van der Waals surface area (Å²) < 4.78 is 5.58. The fourth-order valence-corrected chi connectivity index (χ4v) is 3.71. The Hall–Kier alpha value is -1.63. The van der Waals surface area contributed by atoms with Gasteiger partial charge in [0.25, 0.3) is 0 Å². The van der Waals surface area contributed by atoms with Gasteiger partial charge in [0, 0.05) is 38.4 Å². The number of rotatable bonds is 7. The summed E-state index contributed by atoms with van der Waals surface area (Å²) in [6, 6.07) is 3.84. The molecule has 2 N–H and O–H groups in total. The van der Waals surface area contributed by atoms with Gasteiger partial charge in [0.05, 0.1) is 6.26 Å². The Balaban J connectivity index is 1.86. The van der Waals surface area contributed by atoms with E-state index < -0.39 is 0 Å². The van der Waals surface area contributed by atoms with E-state index in [9.17, 15) is 4.79 Å². The number of likely N-dealkylation sites (N-methyl/N-ethyl adjacent to an activating group) is 1. The van der Waals surface area contributed by atoms with Crippen LogP contribution in [0.5, 0.6) is 0 Å². The van der Waals surface area contributed by atoms with Gasteiger partial charge < -0.3 is 20.0 Å². The van der Waals surface area contributed by atoms with Gasteiger partial charge in [-0.05, 0) is 37.7 Å². The molecule has 1 atom stereocenters. The van der Waals surface area contributed by atoms with Crippen LogP contribution in [0.25, 0.3) is 0 Å². The summed E-state index contributed by atoms with van der Waals surface area (Å²) in [7, 11) is 3.48. The number of nitrogens with one attached hydrogen (secondary N) is 2. The molecule has 1 aliphatic rings. The summed E-state index contributed by atoms with van der Waals surface area (Å²) >= 11 is 2.00. The lowest BCUT2D eigenvalue weighted by Gasteiger charge is -2.24. The first kappa shape index (κ1) is 18.7. The molecule has 0 saturated carbocycles. The van der Waals surface area contributed by atoms with Crippen molar-refractivity contribution in [2.45, 2.75) is 30.9 Å². The normalized spacial score (nSPS) is 20.9. The third-order valence-electron chi connectivity index (χ3n) is 4.05. The van der Waals surface area contributed by atoms with E-state index in [-0.39, 0.29) is 17.2 Å². The number of nitrogens with zero attached hydrogens (tertiary/aromatic N) is 2. The number of amides is 1. The minimum absolute atomic E-state index is 0.0106. The van der Waals surface area contributed by atoms with Crippen LogP contribution in [0.1, 0.15) is 25.5 Å². The smallest absolute Gasteiger partial charge is 0.243 e. The van der Waals surface area contributed by atoms with Crippen molar-refractivity contribution in [1.29, 1.82) is 0 Å². The molecule has 1 unspecified atom stereocenters. The van der Waals surface area contributed by atoms with E-state index in [2.05, 4.69) is 22.5 Å². The van der Waals surface area contributed by atoms with E-state index in [0.29, 0.717) is 12.5 Å². The van der Waals surface area contributed by atoms with E-state index in [0.717, 1.165) is 18.7 Å². The van der Waals surface area contributed by atoms with Crippen molar-refractivity contribution in [3.05, 3.63) is 24.2 Å². The highest BCUT2D eigenvalue weighted by Crippen LogP contribution is 2.36. The summed E-state index contributed by atoms with van der Waals surface area (Å²) in [5.41, 5.74) is 0. The summed E-state index contributed by atoms with van der Waals surface area (Å²) in [5, 5.41) is 6.69. The molecule has 1 fully saturated rings. The lowest BCUT2D eigenvalue weighted by atomic mass is 10.1. The molecule has 1 aromatic rings. The Kier molecular flexibility index (Phi) is 7.02. The molecular weight excluding hydrogens is 324 g/mol. The quantitative estimate of drug-likeness (QED) is 0.578. The largest absolute Gasteiger partial charge is 0.469 e. The maximum absolute atomic E-state index is 11.8. The van der Waals surface area contributed by atoms with Crippen LogP contribution < -0.4 is 10.6 Å². The standard InChI is InChI=1S/C17H28N4O2S/c1-17(8-5-11-24-17)13-20-16(19-12-15(22)21(2)3)18-9-7-14-6-4-10-23-14/h4,6,10H,5,7-9,11-13H2,1-3H3,(H2,18,19,20). The van der Waals surface area contributed by atoms with Gasteiger partial charge in [-0.25, -0.2) is 4.99 Å². The predicted octanol–water partition coefficient (Wildman–Crippen LogP) is 1.73. The van der Waals surface area contributed by atoms with E-state index in [1.54, 1.807) is 25.3 Å². The topological polar surface area (TPSA) is 69.9 Å². The number of furan rings is 1. The second-order valence-corrected chi connectivity index (χ2v) is 8.15. The average molecular weight is 353 g/mol. The van der Waals surface area contributed by atoms with Crippen LogP contribution >= 0.6 is 11.8 Å². The Morgan fingerprint density at radius 2 is 2.29 bits per heavy atom. The molecule has 0 bridgehead atoms. The van der Waals surface area contributed by atoms with Crippen LogP contribution in [-0.4, -0.2) is 61.0 Å². The van der Waals surface area contributed by atoms with Gasteiger partial charge in [0.1, 0.15) is 12.3 Å². The van der Waals surface area contributed by atoms with E-state index in [1.807, 2.05) is 23.9 Å². The Labute approximate surface area is 148 Å². The number of hydrogen-bond acceptors (Lipinski definition) is 4. The van der Waals surface area contributed by atoms with Crippen LogP contribution in [0.4, 0.5) is 0 Å². The lowest BCUT2D eigenvalue weighted by molar-refractivity contribution is -0.127. The van der Waals surface area contributed by atoms with Crippen LogP contribution in [0.15, 0.2) is 27.8 Å². The monoisotopic (exact) mass is 352 g/mol. The zero-order valence-corrected chi connectivity index (χ0v) is 15.6. The molecule has 134 valence electrons. The maximum atomic E-state index is 11.8. The fourth-order valence-electron chi connectivity index (χ4n) is 2.47. The molecule has 6 nitrogen and oxygen atoms in total. The molecule has 2 heterocycles. The first-order valence-electron chi connectivity index (χ1n) is 8.37. The van der Waals surface area contributed by atoms with Crippen molar-refractivity contribution in [2.75, 3.05) is 39.5 Å². The van der Waals surface area contributed by atoms with Crippen molar-refractivity contribution in [2.24, 2.45) is 4.99 Å². The second-order valence-electron chi connectivity index (χ2n) is 6.46. The minimum Gasteiger partial charge on any atom is -0.469 e. The number of carbonyl (C=O) groups excluding carboxylic acids is 1. The minimum atomic E-state index is -0.0106. The summed E-state index contributed by atoms with van der Waals surface area (Å²) in [6.07, 6.45) is 4.93. The lowest BCUT2D eigenvalue weighted by Crippen LogP contribution is -2.44. The predicted molar refractivity (Wildman–Crippen MR) is 99.5 cm³/mol. The number of aliphatic imine (C=N–C) groups is 1. The van der Waals surface area contributed by atoms with Crippen LogP contribution in [-0.2, 0) is 11.2 Å². The fraction of sp³-hybridized carbons (Fsp3) is 0.647. The van der Waals surface area contributed by atoms with Crippen LogP contribution in [0, 0.1) is 0 Å². The first-order chi connectivity index (χ1) is 11.5. The van der Waals surface area contributed by atoms with E-state index in [4.69, 9.17) is 4.42 Å². The van der Waals surface area contributed by atoms with Crippen LogP contribution in [0.2, 0.25) is 0 Å². The molecule has 0 spiro atoms. The van der Waals surface area contributed by atoms with Crippen molar-refractivity contribution >= 4 is 23.6 Å². The maximum Gasteiger partial charge on any atom is 0.243 e. The van der Waals surface area contributed by atoms with Gasteiger partial charge in [-0.15, -0.1) is 0 Å². The molecule has 1 saturated heterocycles. The zero-order valence-electron chi connectivity index (χ0n) is 14.8. The van der Waals surface area contributed by atoms with E-state index in [1.165, 1.54) is 18.6 Å². The molecule has 1 aromatic heterocycles. The van der Waals surface area contributed by atoms with Crippen LogP contribution in [0.3, 0.4) is 0 Å². The molecule has 24 heavy (non-hydrogen) atoms. The Morgan fingerprint density at radius 1 is 1.46 bits per heavy atom. The third kappa shape index (κ3) is 6.11. The summed E-state index contributed by atoms with van der Waals surface area (Å²) in [5.74, 6) is 2.83. The van der Waals surface area contributed by atoms with Gasteiger partial charge in [0.2, 0.25) is 5.91 Å². The number of thioether (sulfide) groups is 1. The van der Waals surface area contributed by atoms with Gasteiger partial charge in [-0.2, -0.15) is 11.8 Å². The Bertz CT molecular complexity index is 537. The molecule has 0 aliphatic carbocycles. The average Bonchev–Trinajstić information content (AvgIpc) is 3.21. The molecule has 0 aromatic carbocycles. The molecule has 2 rings (SSSR count). The summed E-state index contributed by atoms with van der Waals surface area (Å²) in [6.45, 7) is 3.98. The molecule has 0 radical (unpaired) electrons. The van der Waals surface area contributed by atoms with Crippen molar-refractivity contribution in [3.8, 4) is 0 Å². The second kappa shape index (κ2) is 9.01. The molecule has 1 amide bonds. The highest BCUT2D eigenvalue weighted by molar-refractivity contribution is 8.00. The number of guanidine groups is 1. The van der Waals surface area contributed by atoms with Crippen molar-refractivity contribution in [1.82, 2.24) is 15.5 Å². The third-order valence-corrected chi connectivity index (χ3v) is 5.58. The van der Waals surface area contributed by atoms with Crippen molar-refractivity contribution < 1.29 is 9.21 Å². The Morgan fingerprint density at radius 3 is 2.92 bits per heavy atom. The van der Waals surface area contributed by atoms with Gasteiger partial charge in [-0.3, -0.25) is 4.79 Å². The highest BCUT2D eigenvalue weighted by Gasteiger charge is 2.29. The zero-order chi connectivity index (χ0) is 17.4. The van der Waals surface area contributed by atoms with E-state index >= 15 is 0 Å². The van der Waals surface area contributed by atoms with Gasteiger partial charge in [-0.1, -0.05) is 0 Å². The molecule has 7 heteroatoms. The first-order valence-corrected chi connectivity index (χ1v) is 9.36. The SMILES string of the molecule is CN(C)C(=O)CN=C(NCCc1ccco1)NCC1(C)CCCS1. The molecule has 1 aliphatic heterocycles. The molecular formula is C17H28N4O2S. The number of carbonyl (C=O) groups is 1.